The number of benzene rings is 1. The van der Waals surface area contributed by atoms with Crippen LogP contribution in [0.5, 0.6) is 5.75 Å². The number of nitrogens with two attached hydrogens (primary N) is 1. The summed E-state index contributed by atoms with van der Waals surface area (Å²) in [6.45, 7) is -0.355. The van der Waals surface area contributed by atoms with Crippen molar-refractivity contribution < 1.29 is 19.6 Å². The molecule has 98 valence electrons. The van der Waals surface area contributed by atoms with Crippen LogP contribution >= 0.6 is 23.2 Å². The minimum absolute atomic E-state index is 0.0411. The van der Waals surface area contributed by atoms with Gasteiger partial charge in [-0.15, -0.1) is 0 Å². The largest absolute Gasteiger partial charge is 0.488 e. The number of halogens is 2. The van der Waals surface area contributed by atoms with Crippen LogP contribution in [0.2, 0.25) is 10.0 Å². The average molecular weight is 295 g/mol. The van der Waals surface area contributed by atoms with Gasteiger partial charge in [-0.25, -0.2) is 0 Å². The first-order chi connectivity index (χ1) is 8.32. The van der Waals surface area contributed by atoms with Gasteiger partial charge in [0.05, 0.1) is 15.0 Å². The number of ether oxygens (including phenoxy) is 1. The van der Waals surface area contributed by atoms with E-state index >= 15 is 0 Å². The fourth-order valence-corrected chi connectivity index (χ4v) is 1.62. The maximum atomic E-state index is 10.5. The van der Waals surface area contributed by atoms with Crippen LogP contribution in [-0.4, -0.2) is 28.6 Å². The molecule has 0 spiro atoms. The summed E-state index contributed by atoms with van der Waals surface area (Å²) in [5.41, 5.74) is 4.93. The molecule has 7 nitrogen and oxygen atoms in total. The lowest BCUT2D eigenvalue weighted by molar-refractivity contribution is -0.384. The number of nitro groups is 1. The molecule has 1 aromatic rings. The van der Waals surface area contributed by atoms with E-state index in [2.05, 4.69) is 0 Å². The zero-order valence-electron chi connectivity index (χ0n) is 8.80. The summed E-state index contributed by atoms with van der Waals surface area (Å²) in [6.07, 6.45) is 0. The van der Waals surface area contributed by atoms with Gasteiger partial charge in [-0.1, -0.05) is 23.2 Å². The molecule has 0 aliphatic carbocycles. The molecular formula is C9H8Cl2N2O5. The van der Waals surface area contributed by atoms with Crippen molar-refractivity contribution in [2.24, 2.45) is 5.73 Å². The highest BCUT2D eigenvalue weighted by molar-refractivity contribution is 6.37. The van der Waals surface area contributed by atoms with Crippen LogP contribution in [0.15, 0.2) is 12.1 Å². The summed E-state index contributed by atoms with van der Waals surface area (Å²) < 4.78 is 5.03. The van der Waals surface area contributed by atoms with Crippen molar-refractivity contribution in [3.63, 3.8) is 0 Å². The number of non-ortho nitro benzene ring substituents is 1. The molecule has 0 aliphatic heterocycles. The second-order valence-corrected chi connectivity index (χ2v) is 4.07. The fraction of sp³-hybridized carbons (Fsp3) is 0.222. The van der Waals surface area contributed by atoms with Crippen LogP contribution < -0.4 is 10.5 Å². The average Bonchev–Trinajstić information content (AvgIpc) is 2.26. The van der Waals surface area contributed by atoms with Gasteiger partial charge in [-0.05, 0) is 0 Å². The number of nitrogens with zero attached hydrogens (tertiary/aromatic N) is 1. The van der Waals surface area contributed by atoms with Crippen molar-refractivity contribution in [1.29, 1.82) is 0 Å². The van der Waals surface area contributed by atoms with Crippen LogP contribution in [0.3, 0.4) is 0 Å². The number of carboxylic acids is 1. The van der Waals surface area contributed by atoms with E-state index in [0.29, 0.717) is 0 Å². The summed E-state index contributed by atoms with van der Waals surface area (Å²) in [6, 6.07) is 0.858. The Balaban J connectivity index is 2.90. The van der Waals surface area contributed by atoms with Crippen molar-refractivity contribution >= 4 is 34.9 Å². The molecule has 9 heteroatoms. The minimum atomic E-state index is -1.25. The summed E-state index contributed by atoms with van der Waals surface area (Å²) in [7, 11) is 0. The van der Waals surface area contributed by atoms with Crippen molar-refractivity contribution in [2.45, 2.75) is 6.04 Å². The molecule has 0 bridgehead atoms. The third-order valence-corrected chi connectivity index (χ3v) is 2.48. The number of nitro benzene ring substituents is 1. The third-order valence-electron chi connectivity index (χ3n) is 1.92. The van der Waals surface area contributed by atoms with Crippen LogP contribution in [0.25, 0.3) is 0 Å². The van der Waals surface area contributed by atoms with Crippen molar-refractivity contribution in [3.05, 3.63) is 32.3 Å². The summed E-state index contributed by atoms with van der Waals surface area (Å²) in [5, 5.41) is 18.9. The fourth-order valence-electron chi connectivity index (χ4n) is 1.03. The van der Waals surface area contributed by atoms with E-state index in [1.54, 1.807) is 0 Å². The third kappa shape index (κ3) is 3.46. The van der Waals surface area contributed by atoms with Crippen LogP contribution in [0, 0.1) is 10.1 Å². The Morgan fingerprint density at radius 1 is 1.50 bits per heavy atom. The van der Waals surface area contributed by atoms with E-state index < -0.39 is 16.9 Å². The number of aliphatic carboxylic acids is 1. The maximum Gasteiger partial charge on any atom is 0.324 e. The molecule has 1 unspecified atom stereocenters. The Morgan fingerprint density at radius 3 is 2.39 bits per heavy atom. The second-order valence-electron chi connectivity index (χ2n) is 3.25. The van der Waals surface area contributed by atoms with Gasteiger partial charge in [0.2, 0.25) is 0 Å². The van der Waals surface area contributed by atoms with E-state index in [9.17, 15) is 14.9 Å². The zero-order chi connectivity index (χ0) is 13.9. The molecule has 0 heterocycles. The molecule has 1 atom stereocenters. The number of carbonyl (C=O) groups is 1. The van der Waals surface area contributed by atoms with Crippen molar-refractivity contribution in [3.8, 4) is 5.75 Å². The molecule has 18 heavy (non-hydrogen) atoms. The molecular weight excluding hydrogens is 287 g/mol. The van der Waals surface area contributed by atoms with Gasteiger partial charge in [0.1, 0.15) is 12.6 Å². The normalized spacial score (nSPS) is 11.9. The number of carboxylic acid groups (broad SMARTS) is 1. The van der Waals surface area contributed by atoms with Crippen LogP contribution in [-0.2, 0) is 4.79 Å². The predicted octanol–water partition coefficient (Wildman–Crippen LogP) is 1.69. The SMILES string of the molecule is NC(COc1c(Cl)cc([N+](=O)[O-])cc1Cl)C(=O)O. The summed E-state index contributed by atoms with van der Waals surface area (Å²) in [4.78, 5) is 20.3. The second kappa shape index (κ2) is 5.85. The van der Waals surface area contributed by atoms with Crippen molar-refractivity contribution in [2.75, 3.05) is 6.61 Å². The van der Waals surface area contributed by atoms with Crippen LogP contribution in [0.1, 0.15) is 0 Å². The highest BCUT2D eigenvalue weighted by atomic mass is 35.5. The van der Waals surface area contributed by atoms with Gasteiger partial charge in [0.15, 0.2) is 5.75 Å². The van der Waals surface area contributed by atoms with E-state index in [1.165, 1.54) is 0 Å². The Kier molecular flexibility index (Phi) is 4.71. The van der Waals surface area contributed by atoms with Crippen LogP contribution in [0.4, 0.5) is 5.69 Å². The molecule has 3 N–H and O–H groups in total. The van der Waals surface area contributed by atoms with Gasteiger partial charge in [-0.2, -0.15) is 0 Å². The standard InChI is InChI=1S/C9H8Cl2N2O5/c10-5-1-4(13(16)17)2-6(11)8(5)18-3-7(12)9(14)15/h1-2,7H,3,12H2,(H,14,15). The lowest BCUT2D eigenvalue weighted by Crippen LogP contribution is -2.36. The Labute approximate surface area is 111 Å². The number of rotatable bonds is 5. The monoisotopic (exact) mass is 294 g/mol. The molecule has 0 fully saturated rings. The maximum absolute atomic E-state index is 10.5. The number of hydrogen-bond acceptors (Lipinski definition) is 5. The minimum Gasteiger partial charge on any atom is -0.488 e. The Morgan fingerprint density at radius 2 is 2.00 bits per heavy atom. The molecule has 0 saturated heterocycles. The predicted molar refractivity (Wildman–Crippen MR) is 64.2 cm³/mol. The van der Waals surface area contributed by atoms with Gasteiger partial charge >= 0.3 is 5.97 Å². The van der Waals surface area contributed by atoms with E-state index in [4.69, 9.17) is 38.8 Å². The molecule has 1 aromatic carbocycles. The van der Waals surface area contributed by atoms with E-state index in [1.807, 2.05) is 0 Å². The first-order valence-corrected chi connectivity index (χ1v) is 5.33. The topological polar surface area (TPSA) is 116 Å². The van der Waals surface area contributed by atoms with Gasteiger partial charge in [0.25, 0.3) is 5.69 Å². The lowest BCUT2D eigenvalue weighted by Gasteiger charge is -2.11. The number of hydrogen-bond donors (Lipinski definition) is 2. The lowest BCUT2D eigenvalue weighted by atomic mass is 10.3. The molecule has 1 rings (SSSR count). The molecule has 0 aliphatic rings. The smallest absolute Gasteiger partial charge is 0.324 e. The first kappa shape index (κ1) is 14.5. The Hall–Kier alpha value is -1.57. The summed E-state index contributed by atoms with van der Waals surface area (Å²) >= 11 is 11.5. The van der Waals surface area contributed by atoms with Crippen molar-refractivity contribution in [1.82, 2.24) is 0 Å². The molecule has 0 saturated carbocycles. The molecule has 0 aromatic heterocycles. The van der Waals surface area contributed by atoms with Gasteiger partial charge in [-0.3, -0.25) is 14.9 Å². The van der Waals surface area contributed by atoms with E-state index in [0.717, 1.165) is 12.1 Å². The molecule has 0 amide bonds. The van der Waals surface area contributed by atoms with Gasteiger partial charge in [0, 0.05) is 12.1 Å². The highest BCUT2D eigenvalue weighted by Gasteiger charge is 2.18. The zero-order valence-corrected chi connectivity index (χ0v) is 10.3. The summed E-state index contributed by atoms with van der Waals surface area (Å²) in [5.74, 6) is -1.29. The quantitative estimate of drug-likeness (QED) is 0.630. The Bertz CT molecular complexity index is 471. The first-order valence-electron chi connectivity index (χ1n) is 4.57. The van der Waals surface area contributed by atoms with Gasteiger partial charge < -0.3 is 15.6 Å². The van der Waals surface area contributed by atoms with E-state index in [-0.39, 0.29) is 28.1 Å². The highest BCUT2D eigenvalue weighted by Crippen LogP contribution is 2.36. The molecule has 0 radical (unpaired) electrons.